The molecule has 2 heterocycles. The second-order valence-corrected chi connectivity index (χ2v) is 10.2. The number of sulfonamides is 1. The number of benzene rings is 1. The number of hydrogen-bond acceptors (Lipinski definition) is 7. The first-order chi connectivity index (χ1) is 16.1. The van der Waals surface area contributed by atoms with E-state index in [1.807, 2.05) is 11.8 Å². The van der Waals surface area contributed by atoms with Crippen LogP contribution in [0.5, 0.6) is 0 Å². The van der Waals surface area contributed by atoms with Crippen LogP contribution in [-0.4, -0.2) is 79.5 Å². The number of ketones is 2. The molecule has 1 aromatic carbocycles. The van der Waals surface area contributed by atoms with Crippen molar-refractivity contribution in [3.63, 3.8) is 0 Å². The third kappa shape index (κ3) is 5.29. The van der Waals surface area contributed by atoms with Gasteiger partial charge in [0.2, 0.25) is 10.0 Å². The lowest BCUT2D eigenvalue weighted by molar-refractivity contribution is 0.0526. The molecule has 0 atom stereocenters. The third-order valence-corrected chi connectivity index (χ3v) is 7.89. The van der Waals surface area contributed by atoms with Crippen LogP contribution in [0.25, 0.3) is 0 Å². The third-order valence-electron chi connectivity index (χ3n) is 5.98. The Hall–Kier alpha value is -2.82. The van der Waals surface area contributed by atoms with Gasteiger partial charge < -0.3 is 9.72 Å². The minimum absolute atomic E-state index is 0.0706. The van der Waals surface area contributed by atoms with Crippen molar-refractivity contribution in [2.75, 3.05) is 39.3 Å². The summed E-state index contributed by atoms with van der Waals surface area (Å²) in [7, 11) is -3.72. The fraction of sp³-hybridized carbons (Fsp3) is 0.458. The van der Waals surface area contributed by atoms with Crippen LogP contribution in [0.1, 0.15) is 63.2 Å². The van der Waals surface area contributed by atoms with Crippen molar-refractivity contribution in [3.05, 3.63) is 52.3 Å². The number of piperazine rings is 1. The minimum Gasteiger partial charge on any atom is -0.462 e. The standard InChI is InChI=1S/C24H31N3O6S/c1-5-20-22(17(4)28)16(3)25-23(20)21(29)15-26-11-13-27(14-12-26)34(31,32)19-9-7-18(8-10-19)24(30)33-6-2/h7-10,25H,5-6,11-15H2,1-4H3. The van der Waals surface area contributed by atoms with Gasteiger partial charge in [0.25, 0.3) is 0 Å². The molecular formula is C24H31N3O6S. The maximum absolute atomic E-state index is 13.0. The van der Waals surface area contributed by atoms with Crippen LogP contribution in [0, 0.1) is 6.92 Å². The number of aromatic amines is 1. The molecule has 34 heavy (non-hydrogen) atoms. The zero-order chi connectivity index (χ0) is 25.0. The smallest absolute Gasteiger partial charge is 0.338 e. The van der Waals surface area contributed by atoms with Gasteiger partial charge in [-0.25, -0.2) is 13.2 Å². The second kappa shape index (κ2) is 10.6. The Morgan fingerprint density at radius 3 is 2.18 bits per heavy atom. The summed E-state index contributed by atoms with van der Waals surface area (Å²) in [6.07, 6.45) is 0.571. The number of aryl methyl sites for hydroxylation is 1. The highest BCUT2D eigenvalue weighted by Gasteiger charge is 2.30. The monoisotopic (exact) mass is 489 g/mol. The Morgan fingerprint density at radius 1 is 1.03 bits per heavy atom. The van der Waals surface area contributed by atoms with Gasteiger partial charge >= 0.3 is 5.97 Å². The first-order valence-electron chi connectivity index (χ1n) is 11.3. The van der Waals surface area contributed by atoms with E-state index in [1.165, 1.54) is 35.5 Å². The predicted molar refractivity (Wildman–Crippen MR) is 127 cm³/mol. The number of ether oxygens (including phenoxy) is 1. The van der Waals surface area contributed by atoms with Crippen LogP contribution >= 0.6 is 0 Å². The lowest BCUT2D eigenvalue weighted by Gasteiger charge is -2.33. The fourth-order valence-corrected chi connectivity index (χ4v) is 5.70. The largest absolute Gasteiger partial charge is 0.462 e. The minimum atomic E-state index is -3.72. The van der Waals surface area contributed by atoms with E-state index in [1.54, 1.807) is 13.8 Å². The van der Waals surface area contributed by atoms with Crippen molar-refractivity contribution in [1.82, 2.24) is 14.2 Å². The Balaban J connectivity index is 1.64. The van der Waals surface area contributed by atoms with Gasteiger partial charge in [-0.3, -0.25) is 14.5 Å². The van der Waals surface area contributed by atoms with E-state index in [9.17, 15) is 22.8 Å². The molecule has 0 aliphatic carbocycles. The van der Waals surface area contributed by atoms with Crippen LogP contribution in [0.4, 0.5) is 0 Å². The zero-order valence-electron chi connectivity index (χ0n) is 20.0. The Kier molecular flexibility index (Phi) is 8.06. The Morgan fingerprint density at radius 2 is 1.65 bits per heavy atom. The molecule has 1 saturated heterocycles. The second-order valence-electron chi connectivity index (χ2n) is 8.24. The fourth-order valence-electron chi connectivity index (χ4n) is 4.28. The van der Waals surface area contributed by atoms with E-state index in [-0.39, 0.29) is 42.7 Å². The molecule has 0 bridgehead atoms. The van der Waals surface area contributed by atoms with Gasteiger partial charge in [0, 0.05) is 37.4 Å². The van der Waals surface area contributed by atoms with E-state index < -0.39 is 16.0 Å². The van der Waals surface area contributed by atoms with Crippen molar-refractivity contribution in [2.45, 2.75) is 39.0 Å². The number of nitrogens with one attached hydrogen (secondary N) is 1. The molecule has 1 aliphatic heterocycles. The highest BCUT2D eigenvalue weighted by molar-refractivity contribution is 7.89. The van der Waals surface area contributed by atoms with E-state index in [0.29, 0.717) is 42.0 Å². The highest BCUT2D eigenvalue weighted by Crippen LogP contribution is 2.22. The molecular weight excluding hydrogens is 458 g/mol. The molecule has 0 radical (unpaired) electrons. The van der Waals surface area contributed by atoms with Crippen LogP contribution in [0.15, 0.2) is 29.2 Å². The Bertz CT molecular complexity index is 1180. The van der Waals surface area contributed by atoms with Gasteiger partial charge in [0.05, 0.1) is 29.3 Å². The number of Topliss-reactive ketones (excluding diaryl/α,β-unsaturated/α-hetero) is 2. The topological polar surface area (TPSA) is 117 Å². The molecule has 1 aliphatic rings. The normalized spacial score (nSPS) is 15.3. The zero-order valence-corrected chi connectivity index (χ0v) is 20.8. The molecule has 184 valence electrons. The first-order valence-corrected chi connectivity index (χ1v) is 12.8. The molecule has 1 fully saturated rings. The van der Waals surface area contributed by atoms with E-state index in [4.69, 9.17) is 4.74 Å². The number of hydrogen-bond donors (Lipinski definition) is 1. The number of esters is 1. The maximum Gasteiger partial charge on any atom is 0.338 e. The summed E-state index contributed by atoms with van der Waals surface area (Å²) in [6.45, 7) is 8.60. The van der Waals surface area contributed by atoms with Gasteiger partial charge in [-0.15, -0.1) is 0 Å². The summed E-state index contributed by atoms with van der Waals surface area (Å²) in [4.78, 5) is 41.8. The summed E-state index contributed by atoms with van der Waals surface area (Å²) >= 11 is 0. The van der Waals surface area contributed by atoms with Gasteiger partial charge in [-0.05, 0) is 57.0 Å². The average Bonchev–Trinajstić information content (AvgIpc) is 3.16. The maximum atomic E-state index is 13.0. The highest BCUT2D eigenvalue weighted by atomic mass is 32.2. The van der Waals surface area contributed by atoms with E-state index in [2.05, 4.69) is 4.98 Å². The first kappa shape index (κ1) is 25.8. The number of carbonyl (C=O) groups excluding carboxylic acids is 3. The quantitative estimate of drug-likeness (QED) is 0.425. The average molecular weight is 490 g/mol. The lowest BCUT2D eigenvalue weighted by atomic mass is 10.0. The van der Waals surface area contributed by atoms with Gasteiger partial charge in [0.1, 0.15) is 0 Å². The number of nitrogens with zero attached hydrogens (tertiary/aromatic N) is 2. The van der Waals surface area contributed by atoms with Gasteiger partial charge in [0.15, 0.2) is 11.6 Å². The molecule has 0 unspecified atom stereocenters. The van der Waals surface area contributed by atoms with Crippen LogP contribution < -0.4 is 0 Å². The molecule has 0 amide bonds. The van der Waals surface area contributed by atoms with Crippen LogP contribution in [0.3, 0.4) is 0 Å². The summed E-state index contributed by atoms with van der Waals surface area (Å²) in [5.41, 5.74) is 2.76. The molecule has 3 rings (SSSR count). The molecule has 1 N–H and O–H groups in total. The number of rotatable bonds is 9. The SMILES string of the molecule is CCOC(=O)c1ccc(S(=O)(=O)N2CCN(CC(=O)c3[nH]c(C)c(C(C)=O)c3CC)CC2)cc1. The van der Waals surface area contributed by atoms with E-state index in [0.717, 1.165) is 5.56 Å². The molecule has 9 nitrogen and oxygen atoms in total. The summed E-state index contributed by atoms with van der Waals surface area (Å²) < 4.78 is 32.4. The van der Waals surface area contributed by atoms with Crippen molar-refractivity contribution < 1.29 is 27.5 Å². The molecule has 0 saturated carbocycles. The summed E-state index contributed by atoms with van der Waals surface area (Å²) in [6, 6.07) is 5.70. The number of carbonyl (C=O) groups is 3. The number of H-pyrrole nitrogens is 1. The van der Waals surface area contributed by atoms with Crippen molar-refractivity contribution in [2.24, 2.45) is 0 Å². The van der Waals surface area contributed by atoms with Gasteiger partial charge in [-0.2, -0.15) is 4.31 Å². The molecule has 0 spiro atoms. The molecule has 10 heteroatoms. The summed E-state index contributed by atoms with van der Waals surface area (Å²) in [5.74, 6) is -0.680. The predicted octanol–water partition coefficient (Wildman–Crippen LogP) is 2.45. The summed E-state index contributed by atoms with van der Waals surface area (Å²) in [5, 5.41) is 0. The van der Waals surface area contributed by atoms with Crippen molar-refractivity contribution in [1.29, 1.82) is 0 Å². The van der Waals surface area contributed by atoms with Crippen molar-refractivity contribution in [3.8, 4) is 0 Å². The Labute approximate surface area is 200 Å². The lowest BCUT2D eigenvalue weighted by Crippen LogP contribution is -2.49. The number of aromatic nitrogens is 1. The van der Waals surface area contributed by atoms with Crippen LogP contribution in [-0.2, 0) is 21.2 Å². The van der Waals surface area contributed by atoms with Gasteiger partial charge in [-0.1, -0.05) is 6.92 Å². The molecule has 2 aromatic rings. The molecule has 1 aromatic heterocycles. The van der Waals surface area contributed by atoms with Crippen LogP contribution in [0.2, 0.25) is 0 Å². The van der Waals surface area contributed by atoms with Crippen molar-refractivity contribution >= 4 is 27.6 Å². The van der Waals surface area contributed by atoms with E-state index >= 15 is 0 Å².